The summed E-state index contributed by atoms with van der Waals surface area (Å²) >= 11 is 0. The van der Waals surface area contributed by atoms with Gasteiger partial charge in [-0.15, -0.1) is 10.2 Å². The van der Waals surface area contributed by atoms with Gasteiger partial charge in [-0.1, -0.05) is 12.1 Å². The summed E-state index contributed by atoms with van der Waals surface area (Å²) in [6.45, 7) is 0. The number of benzene rings is 2. The Bertz CT molecular complexity index is 982. The third kappa shape index (κ3) is 4.69. The summed E-state index contributed by atoms with van der Waals surface area (Å²) in [7, 11) is 6.07. The number of nitrogens with zero attached hydrogens (tertiary/aromatic N) is 2. The number of urea groups is 1. The van der Waals surface area contributed by atoms with Crippen LogP contribution in [0.5, 0.6) is 23.1 Å². The lowest BCUT2D eigenvalue weighted by Gasteiger charge is -2.15. The van der Waals surface area contributed by atoms with Crippen molar-refractivity contribution in [3.05, 3.63) is 48.5 Å². The monoisotopic (exact) mass is 410 g/mol. The summed E-state index contributed by atoms with van der Waals surface area (Å²) in [5, 5.41) is 13.6. The molecule has 9 nitrogen and oxygen atoms in total. The van der Waals surface area contributed by atoms with Crippen molar-refractivity contribution in [3.63, 3.8) is 0 Å². The van der Waals surface area contributed by atoms with Gasteiger partial charge < -0.3 is 29.6 Å². The summed E-state index contributed by atoms with van der Waals surface area (Å²) in [5.74, 6) is 1.78. The molecule has 0 saturated carbocycles. The highest BCUT2D eigenvalue weighted by molar-refractivity contribution is 6.00. The summed E-state index contributed by atoms with van der Waals surface area (Å²) < 4.78 is 20.9. The van der Waals surface area contributed by atoms with E-state index in [2.05, 4.69) is 20.8 Å². The molecule has 0 aliphatic heterocycles. The van der Waals surface area contributed by atoms with E-state index in [0.717, 1.165) is 5.56 Å². The molecule has 0 fully saturated rings. The lowest BCUT2D eigenvalue weighted by Crippen LogP contribution is -2.19. The van der Waals surface area contributed by atoms with E-state index >= 15 is 0 Å². The third-order valence-corrected chi connectivity index (χ3v) is 4.21. The van der Waals surface area contributed by atoms with Crippen LogP contribution >= 0.6 is 0 Å². The number of carbonyl (C=O) groups is 1. The highest BCUT2D eigenvalue weighted by Gasteiger charge is 2.14. The standard InChI is InChI=1S/C21H22N4O5/c1-27-17-11-15(12-18(28-2)20(17)30-4)23-21(26)22-14-7-5-13(6-8-14)16-9-10-19(29-3)25-24-16/h5-12H,1-4H3,(H2,22,23,26). The minimum absolute atomic E-state index is 0.415. The second kappa shape index (κ2) is 9.46. The van der Waals surface area contributed by atoms with Gasteiger partial charge in [0.05, 0.1) is 39.8 Å². The van der Waals surface area contributed by atoms with Crippen molar-refractivity contribution in [2.75, 3.05) is 39.1 Å². The fraction of sp³-hybridized carbons (Fsp3) is 0.190. The highest BCUT2D eigenvalue weighted by Crippen LogP contribution is 2.39. The topological polar surface area (TPSA) is 104 Å². The van der Waals surface area contributed by atoms with E-state index in [1.165, 1.54) is 28.4 Å². The van der Waals surface area contributed by atoms with Crippen LogP contribution in [0, 0.1) is 0 Å². The Morgan fingerprint density at radius 1 is 0.733 bits per heavy atom. The van der Waals surface area contributed by atoms with Crippen LogP contribution in [0.25, 0.3) is 11.3 Å². The van der Waals surface area contributed by atoms with Crippen LogP contribution in [0.1, 0.15) is 0 Å². The zero-order valence-corrected chi connectivity index (χ0v) is 17.1. The molecule has 0 radical (unpaired) electrons. The maximum absolute atomic E-state index is 12.4. The molecule has 0 unspecified atom stereocenters. The van der Waals surface area contributed by atoms with Crippen LogP contribution in [0.4, 0.5) is 16.2 Å². The molecule has 0 saturated heterocycles. The molecule has 1 aromatic heterocycles. The molecule has 30 heavy (non-hydrogen) atoms. The number of amides is 2. The van der Waals surface area contributed by atoms with Crippen molar-refractivity contribution in [2.45, 2.75) is 0 Å². The average molecular weight is 410 g/mol. The number of anilines is 2. The Labute approximate surface area is 173 Å². The van der Waals surface area contributed by atoms with Crippen molar-refractivity contribution < 1.29 is 23.7 Å². The number of rotatable bonds is 7. The van der Waals surface area contributed by atoms with E-state index in [1.807, 2.05) is 18.2 Å². The van der Waals surface area contributed by atoms with Crippen LogP contribution < -0.4 is 29.6 Å². The predicted octanol–water partition coefficient (Wildman–Crippen LogP) is 3.82. The average Bonchev–Trinajstić information content (AvgIpc) is 2.78. The molecule has 0 aliphatic rings. The first-order chi connectivity index (χ1) is 14.6. The maximum Gasteiger partial charge on any atom is 0.323 e. The van der Waals surface area contributed by atoms with E-state index < -0.39 is 6.03 Å². The second-order valence-corrected chi connectivity index (χ2v) is 6.03. The summed E-state index contributed by atoms with van der Waals surface area (Å²) in [6, 6.07) is 13.6. The van der Waals surface area contributed by atoms with Crippen molar-refractivity contribution in [3.8, 4) is 34.4 Å². The quantitative estimate of drug-likeness (QED) is 0.610. The van der Waals surface area contributed by atoms with E-state index in [-0.39, 0.29) is 0 Å². The molecule has 2 amide bonds. The second-order valence-electron chi connectivity index (χ2n) is 6.03. The van der Waals surface area contributed by atoms with E-state index in [1.54, 1.807) is 30.3 Å². The molecule has 3 aromatic rings. The minimum atomic E-state index is -0.415. The first-order valence-electron chi connectivity index (χ1n) is 8.94. The van der Waals surface area contributed by atoms with Gasteiger partial charge in [0, 0.05) is 29.4 Å². The number of hydrogen-bond acceptors (Lipinski definition) is 7. The lowest BCUT2D eigenvalue weighted by molar-refractivity contribution is 0.262. The number of carbonyl (C=O) groups excluding carboxylic acids is 1. The van der Waals surface area contributed by atoms with Crippen LogP contribution in [0.2, 0.25) is 0 Å². The Morgan fingerprint density at radius 3 is 1.87 bits per heavy atom. The Hall–Kier alpha value is -4.01. The molecule has 0 bridgehead atoms. The molecule has 0 atom stereocenters. The van der Waals surface area contributed by atoms with Gasteiger partial charge in [-0.05, 0) is 18.2 Å². The van der Waals surface area contributed by atoms with Crippen molar-refractivity contribution in [1.29, 1.82) is 0 Å². The molecule has 9 heteroatoms. The van der Waals surface area contributed by atoms with Crippen LogP contribution in [0.3, 0.4) is 0 Å². The molecule has 2 aromatic carbocycles. The van der Waals surface area contributed by atoms with E-state index in [9.17, 15) is 4.79 Å². The van der Waals surface area contributed by atoms with Gasteiger partial charge in [0.25, 0.3) is 0 Å². The van der Waals surface area contributed by atoms with Gasteiger partial charge in [-0.25, -0.2) is 4.79 Å². The predicted molar refractivity (Wildman–Crippen MR) is 113 cm³/mol. The smallest absolute Gasteiger partial charge is 0.323 e. The zero-order valence-electron chi connectivity index (χ0n) is 17.1. The number of hydrogen-bond donors (Lipinski definition) is 2. The molecule has 156 valence electrons. The van der Waals surface area contributed by atoms with Crippen LogP contribution in [-0.2, 0) is 0 Å². The normalized spacial score (nSPS) is 10.1. The highest BCUT2D eigenvalue weighted by atomic mass is 16.5. The van der Waals surface area contributed by atoms with Crippen molar-refractivity contribution in [2.24, 2.45) is 0 Å². The van der Waals surface area contributed by atoms with Gasteiger partial charge in [0.2, 0.25) is 11.6 Å². The molecule has 2 N–H and O–H groups in total. The summed E-state index contributed by atoms with van der Waals surface area (Å²) in [5.41, 5.74) is 2.67. The largest absolute Gasteiger partial charge is 0.493 e. The number of nitrogens with one attached hydrogen (secondary N) is 2. The lowest BCUT2D eigenvalue weighted by atomic mass is 10.1. The number of aromatic nitrogens is 2. The van der Waals surface area contributed by atoms with Crippen LogP contribution in [-0.4, -0.2) is 44.7 Å². The fourth-order valence-electron chi connectivity index (χ4n) is 2.75. The molecular formula is C21H22N4O5. The summed E-state index contributed by atoms with van der Waals surface area (Å²) in [4.78, 5) is 12.4. The van der Waals surface area contributed by atoms with E-state index in [0.29, 0.717) is 40.2 Å². The van der Waals surface area contributed by atoms with Gasteiger partial charge in [0.15, 0.2) is 11.5 Å². The Morgan fingerprint density at radius 2 is 1.37 bits per heavy atom. The van der Waals surface area contributed by atoms with Gasteiger partial charge >= 0.3 is 6.03 Å². The first kappa shape index (κ1) is 20.7. The zero-order chi connectivity index (χ0) is 21.5. The fourth-order valence-corrected chi connectivity index (χ4v) is 2.75. The summed E-state index contributed by atoms with van der Waals surface area (Å²) in [6.07, 6.45) is 0. The third-order valence-electron chi connectivity index (χ3n) is 4.21. The van der Waals surface area contributed by atoms with Crippen LogP contribution in [0.15, 0.2) is 48.5 Å². The van der Waals surface area contributed by atoms with Crippen molar-refractivity contribution >= 4 is 17.4 Å². The van der Waals surface area contributed by atoms with Crippen molar-refractivity contribution in [1.82, 2.24) is 10.2 Å². The van der Waals surface area contributed by atoms with E-state index in [4.69, 9.17) is 18.9 Å². The minimum Gasteiger partial charge on any atom is -0.493 e. The first-order valence-corrected chi connectivity index (χ1v) is 8.94. The SMILES string of the molecule is COc1ccc(-c2ccc(NC(=O)Nc3cc(OC)c(OC)c(OC)c3)cc2)nn1. The molecule has 3 rings (SSSR count). The maximum atomic E-state index is 12.4. The molecule has 1 heterocycles. The molecular weight excluding hydrogens is 388 g/mol. The molecule has 0 aliphatic carbocycles. The number of ether oxygens (including phenoxy) is 4. The van der Waals surface area contributed by atoms with Gasteiger partial charge in [-0.3, -0.25) is 0 Å². The molecule has 0 spiro atoms. The van der Waals surface area contributed by atoms with Gasteiger partial charge in [-0.2, -0.15) is 0 Å². The Kier molecular flexibility index (Phi) is 6.53. The van der Waals surface area contributed by atoms with Gasteiger partial charge in [0.1, 0.15) is 0 Å². The number of methoxy groups -OCH3 is 4. The Balaban J connectivity index is 1.69.